The second-order valence-corrected chi connectivity index (χ2v) is 9.72. The van der Waals surface area contributed by atoms with Crippen LogP contribution in [0.15, 0.2) is 40.9 Å². The minimum absolute atomic E-state index is 0.0314. The topological polar surface area (TPSA) is 102 Å². The average Bonchev–Trinajstić information content (AvgIpc) is 2.67. The molecule has 3 rings (SSSR count). The number of hydrogen-bond acceptors (Lipinski definition) is 7. The molecule has 9 heteroatoms. The number of hydrogen-bond donors (Lipinski definition) is 1. The van der Waals surface area contributed by atoms with Crippen molar-refractivity contribution in [3.63, 3.8) is 0 Å². The molecule has 1 aliphatic carbocycles. The molecule has 158 valence electrons. The van der Waals surface area contributed by atoms with Crippen molar-refractivity contribution in [2.24, 2.45) is 0 Å². The highest BCUT2D eigenvalue weighted by Crippen LogP contribution is 2.27. The molecule has 1 heterocycles. The van der Waals surface area contributed by atoms with Crippen LogP contribution in [-0.4, -0.2) is 43.5 Å². The van der Waals surface area contributed by atoms with Crippen LogP contribution in [0.1, 0.15) is 46.0 Å². The molecule has 1 aromatic carbocycles. The van der Waals surface area contributed by atoms with Crippen molar-refractivity contribution in [1.82, 2.24) is 4.31 Å². The fourth-order valence-corrected chi connectivity index (χ4v) is 4.88. The van der Waals surface area contributed by atoms with Gasteiger partial charge in [-0.15, -0.1) is 0 Å². The van der Waals surface area contributed by atoms with Crippen molar-refractivity contribution < 1.29 is 27.5 Å². The summed E-state index contributed by atoms with van der Waals surface area (Å²) in [5.74, 6) is -2.87. The van der Waals surface area contributed by atoms with Crippen LogP contribution < -0.4 is 5.32 Å². The van der Waals surface area contributed by atoms with Crippen molar-refractivity contribution in [2.75, 3.05) is 12.4 Å². The molecular weight excluding hydrogens is 396 g/mol. The number of rotatable bonds is 5. The van der Waals surface area contributed by atoms with Gasteiger partial charge in [-0.3, -0.25) is 0 Å². The number of nitrogens with zero attached hydrogens (tertiary/aromatic N) is 1. The number of ether oxygens (including phenoxy) is 2. The molecule has 0 unspecified atom stereocenters. The van der Waals surface area contributed by atoms with Gasteiger partial charge in [0.05, 0.1) is 4.90 Å². The van der Waals surface area contributed by atoms with Crippen molar-refractivity contribution in [2.45, 2.75) is 62.7 Å². The van der Waals surface area contributed by atoms with Crippen LogP contribution in [0.4, 0.5) is 5.69 Å². The summed E-state index contributed by atoms with van der Waals surface area (Å²) in [6.45, 7) is 2.94. The highest BCUT2D eigenvalue weighted by molar-refractivity contribution is 7.89. The summed E-state index contributed by atoms with van der Waals surface area (Å²) in [6.07, 6.45) is 6.20. The Balaban J connectivity index is 1.70. The van der Waals surface area contributed by atoms with E-state index in [0.717, 1.165) is 32.1 Å². The van der Waals surface area contributed by atoms with E-state index in [9.17, 15) is 18.0 Å². The van der Waals surface area contributed by atoms with Crippen LogP contribution in [0.25, 0.3) is 0 Å². The zero-order valence-corrected chi connectivity index (χ0v) is 17.6. The van der Waals surface area contributed by atoms with Crippen molar-refractivity contribution in [1.29, 1.82) is 0 Å². The maximum atomic E-state index is 12.9. The van der Waals surface area contributed by atoms with Crippen molar-refractivity contribution in [3.05, 3.63) is 36.0 Å². The van der Waals surface area contributed by atoms with E-state index in [2.05, 4.69) is 5.32 Å². The number of esters is 2. The van der Waals surface area contributed by atoms with E-state index in [4.69, 9.17) is 9.47 Å². The van der Waals surface area contributed by atoms with Crippen LogP contribution in [0.2, 0.25) is 0 Å². The van der Waals surface area contributed by atoms with Crippen LogP contribution >= 0.6 is 0 Å². The lowest BCUT2D eigenvalue weighted by Gasteiger charge is -2.30. The summed E-state index contributed by atoms with van der Waals surface area (Å²) in [7, 11) is -1.95. The first-order chi connectivity index (χ1) is 13.6. The first kappa shape index (κ1) is 21.3. The molecule has 0 aromatic heterocycles. The third-order valence-electron chi connectivity index (χ3n) is 5.12. The Kier molecular flexibility index (Phi) is 6.00. The largest absolute Gasteiger partial charge is 0.419 e. The predicted octanol–water partition coefficient (Wildman–Crippen LogP) is 2.77. The quantitative estimate of drug-likeness (QED) is 0.442. The first-order valence-electron chi connectivity index (χ1n) is 9.62. The summed E-state index contributed by atoms with van der Waals surface area (Å²) in [5, 5.41) is 2.80. The zero-order valence-electron chi connectivity index (χ0n) is 16.8. The van der Waals surface area contributed by atoms with Gasteiger partial charge in [0.25, 0.3) is 5.79 Å². The number of benzene rings is 1. The fourth-order valence-electron chi connectivity index (χ4n) is 3.46. The standard InChI is InChI=1S/C20H26N2O6S/c1-20(2)27-18(23)17(19(24)28-20)13-21-14-9-11-16(12-10-14)29(25,26)22(3)15-7-5-4-6-8-15/h9-13,15,21H,4-8H2,1-3H3. The molecule has 0 radical (unpaired) electrons. The highest BCUT2D eigenvalue weighted by Gasteiger charge is 2.39. The van der Waals surface area contributed by atoms with Crippen molar-refractivity contribution >= 4 is 27.6 Å². The summed E-state index contributed by atoms with van der Waals surface area (Å²) in [4.78, 5) is 24.1. The molecule has 0 amide bonds. The Morgan fingerprint density at radius 3 is 2.14 bits per heavy atom. The van der Waals surface area contributed by atoms with Gasteiger partial charge in [0, 0.05) is 38.8 Å². The molecule has 2 aliphatic rings. The van der Waals surface area contributed by atoms with E-state index in [0.29, 0.717) is 5.69 Å². The number of anilines is 1. The number of cyclic esters (lactones) is 2. The Hall–Kier alpha value is -2.39. The summed E-state index contributed by atoms with van der Waals surface area (Å²) in [6, 6.07) is 6.17. The smallest absolute Gasteiger partial charge is 0.350 e. The summed E-state index contributed by atoms with van der Waals surface area (Å²) in [5.41, 5.74) is 0.250. The fraction of sp³-hybridized carbons (Fsp3) is 0.500. The maximum absolute atomic E-state index is 12.9. The molecule has 1 aliphatic heterocycles. The minimum Gasteiger partial charge on any atom is -0.419 e. The van der Waals surface area contributed by atoms with E-state index >= 15 is 0 Å². The monoisotopic (exact) mass is 422 g/mol. The molecular formula is C20H26N2O6S. The van der Waals surface area contributed by atoms with Crippen LogP contribution in [-0.2, 0) is 29.1 Å². The van der Waals surface area contributed by atoms with E-state index < -0.39 is 27.7 Å². The number of carbonyl (C=O) groups excluding carboxylic acids is 2. The Labute approximate surface area is 170 Å². The number of sulfonamides is 1. The highest BCUT2D eigenvalue weighted by atomic mass is 32.2. The molecule has 0 atom stereocenters. The SMILES string of the molecule is CN(C1CCCCC1)S(=O)(=O)c1ccc(NC=C2C(=O)OC(C)(C)OC2=O)cc1. The van der Waals surface area contributed by atoms with Crippen molar-refractivity contribution in [3.8, 4) is 0 Å². The molecule has 0 bridgehead atoms. The molecule has 8 nitrogen and oxygen atoms in total. The predicted molar refractivity (Wildman–Crippen MR) is 106 cm³/mol. The molecule has 1 N–H and O–H groups in total. The Morgan fingerprint density at radius 1 is 1.03 bits per heavy atom. The minimum atomic E-state index is -3.58. The van der Waals surface area contributed by atoms with Gasteiger partial charge in [0.2, 0.25) is 10.0 Å². The van der Waals surface area contributed by atoms with Gasteiger partial charge < -0.3 is 14.8 Å². The molecule has 29 heavy (non-hydrogen) atoms. The van der Waals surface area contributed by atoms with E-state index in [1.807, 2.05) is 0 Å². The second kappa shape index (κ2) is 8.16. The third kappa shape index (κ3) is 4.79. The third-order valence-corrected chi connectivity index (χ3v) is 7.04. The zero-order chi connectivity index (χ0) is 21.2. The van der Waals surface area contributed by atoms with Crippen LogP contribution in [0, 0.1) is 0 Å². The van der Waals surface area contributed by atoms with Crippen LogP contribution in [0.5, 0.6) is 0 Å². The van der Waals surface area contributed by atoms with Gasteiger partial charge in [0.15, 0.2) is 5.57 Å². The average molecular weight is 423 g/mol. The first-order valence-corrected chi connectivity index (χ1v) is 11.1. The molecule has 0 spiro atoms. The van der Waals surface area contributed by atoms with E-state index in [1.165, 1.54) is 36.5 Å². The van der Waals surface area contributed by atoms with E-state index in [1.54, 1.807) is 19.2 Å². The van der Waals surface area contributed by atoms with Gasteiger partial charge in [-0.25, -0.2) is 18.0 Å². The Bertz CT molecular complexity index is 893. The Morgan fingerprint density at radius 2 is 1.59 bits per heavy atom. The normalized spacial score (nSPS) is 20.2. The lowest BCUT2D eigenvalue weighted by Crippen LogP contribution is -2.42. The molecule has 2 fully saturated rings. The van der Waals surface area contributed by atoms with Gasteiger partial charge in [-0.05, 0) is 37.1 Å². The summed E-state index contributed by atoms with van der Waals surface area (Å²) < 4.78 is 37.2. The lowest BCUT2D eigenvalue weighted by molar-refractivity contribution is -0.222. The van der Waals surface area contributed by atoms with Gasteiger partial charge in [-0.2, -0.15) is 4.31 Å². The number of nitrogens with one attached hydrogen (secondary N) is 1. The second-order valence-electron chi connectivity index (χ2n) is 7.72. The molecule has 1 saturated heterocycles. The lowest BCUT2D eigenvalue weighted by atomic mass is 9.96. The molecule has 1 aromatic rings. The molecule has 1 saturated carbocycles. The van der Waals surface area contributed by atoms with Gasteiger partial charge in [-0.1, -0.05) is 19.3 Å². The van der Waals surface area contributed by atoms with Gasteiger partial charge >= 0.3 is 11.9 Å². The van der Waals surface area contributed by atoms with Gasteiger partial charge in [0.1, 0.15) is 0 Å². The van der Waals surface area contributed by atoms with Crippen LogP contribution in [0.3, 0.4) is 0 Å². The van der Waals surface area contributed by atoms with E-state index in [-0.39, 0.29) is 16.5 Å². The maximum Gasteiger partial charge on any atom is 0.350 e. The number of carbonyl (C=O) groups is 2. The summed E-state index contributed by atoms with van der Waals surface area (Å²) >= 11 is 0.